The Hall–Kier alpha value is -2.44. The van der Waals surface area contributed by atoms with Crippen LogP contribution in [0.3, 0.4) is 0 Å². The van der Waals surface area contributed by atoms with Crippen LogP contribution in [0.25, 0.3) is 0 Å². The molecule has 0 spiro atoms. The van der Waals surface area contributed by atoms with E-state index in [1.807, 2.05) is 6.92 Å². The van der Waals surface area contributed by atoms with Gasteiger partial charge in [0.05, 0.1) is 6.54 Å². The van der Waals surface area contributed by atoms with Crippen molar-refractivity contribution in [1.82, 2.24) is 19.3 Å². The minimum atomic E-state index is -1.14. The van der Waals surface area contributed by atoms with Gasteiger partial charge in [0.15, 0.2) is 0 Å². The number of carboxylic acids is 1. The van der Waals surface area contributed by atoms with Gasteiger partial charge >= 0.3 is 5.97 Å². The highest BCUT2D eigenvalue weighted by atomic mass is 16.4. The zero-order valence-corrected chi connectivity index (χ0v) is 9.78. The van der Waals surface area contributed by atoms with Gasteiger partial charge in [-0.15, -0.1) is 0 Å². The Morgan fingerprint density at radius 3 is 2.89 bits per heavy atom. The summed E-state index contributed by atoms with van der Waals surface area (Å²) in [6.45, 7) is 2.60. The van der Waals surface area contributed by atoms with Crippen LogP contribution in [0.4, 0.5) is 0 Å². The summed E-state index contributed by atoms with van der Waals surface area (Å²) in [6.07, 6.45) is 1.38. The first-order valence-corrected chi connectivity index (χ1v) is 5.43. The van der Waals surface area contributed by atoms with Crippen molar-refractivity contribution in [2.75, 3.05) is 0 Å². The molecule has 7 heteroatoms. The van der Waals surface area contributed by atoms with Crippen LogP contribution in [0.1, 0.15) is 23.2 Å². The van der Waals surface area contributed by atoms with E-state index < -0.39 is 5.97 Å². The first-order valence-electron chi connectivity index (χ1n) is 5.43. The third kappa shape index (κ3) is 2.15. The second kappa shape index (κ2) is 4.82. The number of pyridine rings is 1. The maximum atomic E-state index is 11.7. The summed E-state index contributed by atoms with van der Waals surface area (Å²) in [6, 6.07) is 4.13. The number of carbonyl (C=O) groups is 1. The number of aromatic carboxylic acids is 1. The molecule has 0 atom stereocenters. The Morgan fingerprint density at radius 2 is 2.22 bits per heavy atom. The molecule has 0 aromatic carbocycles. The van der Waals surface area contributed by atoms with Gasteiger partial charge in [-0.1, -0.05) is 6.07 Å². The maximum Gasteiger partial charge on any atom is 0.352 e. The van der Waals surface area contributed by atoms with E-state index in [9.17, 15) is 9.59 Å². The van der Waals surface area contributed by atoms with Crippen molar-refractivity contribution in [3.05, 3.63) is 46.4 Å². The first kappa shape index (κ1) is 12.0. The van der Waals surface area contributed by atoms with E-state index in [0.29, 0.717) is 12.4 Å². The van der Waals surface area contributed by atoms with Crippen molar-refractivity contribution in [3.8, 4) is 0 Å². The van der Waals surface area contributed by atoms with E-state index in [4.69, 9.17) is 5.11 Å². The molecule has 0 unspecified atom stereocenters. The summed E-state index contributed by atoms with van der Waals surface area (Å²) in [4.78, 5) is 26.8. The van der Waals surface area contributed by atoms with Crippen LogP contribution in [0.15, 0.2) is 29.3 Å². The number of aromatic nitrogens is 4. The van der Waals surface area contributed by atoms with E-state index in [1.165, 1.54) is 29.1 Å². The molecule has 0 radical (unpaired) electrons. The fraction of sp³-hybridized carbons (Fsp3) is 0.273. The largest absolute Gasteiger partial charge is 0.477 e. The summed E-state index contributed by atoms with van der Waals surface area (Å²) < 4.78 is 2.78. The molecule has 0 aliphatic heterocycles. The molecular weight excluding hydrogens is 236 g/mol. The molecule has 0 aliphatic rings. The predicted molar refractivity (Wildman–Crippen MR) is 62.5 cm³/mol. The van der Waals surface area contributed by atoms with Crippen molar-refractivity contribution in [2.24, 2.45) is 0 Å². The average molecular weight is 248 g/mol. The number of carboxylic acid groups (broad SMARTS) is 1. The lowest BCUT2D eigenvalue weighted by atomic mass is 10.3. The summed E-state index contributed by atoms with van der Waals surface area (Å²) in [5.74, 6) is -0.594. The van der Waals surface area contributed by atoms with Crippen molar-refractivity contribution in [1.29, 1.82) is 0 Å². The molecule has 0 fully saturated rings. The van der Waals surface area contributed by atoms with Crippen LogP contribution in [0.5, 0.6) is 0 Å². The SMILES string of the molecule is CCn1ncnc1Cn1c(C(=O)O)cccc1=O. The van der Waals surface area contributed by atoms with Gasteiger partial charge in [-0.2, -0.15) is 5.10 Å². The molecule has 0 aliphatic carbocycles. The minimum Gasteiger partial charge on any atom is -0.477 e. The number of nitrogens with zero attached hydrogens (tertiary/aromatic N) is 4. The normalized spacial score (nSPS) is 10.5. The smallest absolute Gasteiger partial charge is 0.352 e. The van der Waals surface area contributed by atoms with E-state index in [2.05, 4.69) is 10.1 Å². The van der Waals surface area contributed by atoms with Crippen molar-refractivity contribution >= 4 is 5.97 Å². The lowest BCUT2D eigenvalue weighted by Gasteiger charge is -2.09. The molecule has 2 aromatic heterocycles. The van der Waals surface area contributed by atoms with Crippen LogP contribution >= 0.6 is 0 Å². The minimum absolute atomic E-state index is 0.0619. The van der Waals surface area contributed by atoms with Crippen molar-refractivity contribution in [2.45, 2.75) is 20.0 Å². The Kier molecular flexibility index (Phi) is 3.22. The third-order valence-corrected chi connectivity index (χ3v) is 2.56. The van der Waals surface area contributed by atoms with Crippen LogP contribution in [-0.2, 0) is 13.1 Å². The summed E-state index contributed by atoms with van der Waals surface area (Å²) in [5.41, 5.74) is -0.436. The topological polar surface area (TPSA) is 90.0 Å². The van der Waals surface area contributed by atoms with Crippen molar-refractivity contribution < 1.29 is 9.90 Å². The molecule has 2 rings (SSSR count). The third-order valence-electron chi connectivity index (χ3n) is 2.56. The fourth-order valence-electron chi connectivity index (χ4n) is 1.69. The van der Waals surface area contributed by atoms with E-state index in [0.717, 1.165) is 0 Å². The number of aryl methyl sites for hydroxylation is 1. The Morgan fingerprint density at radius 1 is 1.44 bits per heavy atom. The second-order valence-corrected chi connectivity index (χ2v) is 3.63. The molecule has 2 aromatic rings. The van der Waals surface area contributed by atoms with Gasteiger partial charge in [-0.3, -0.25) is 9.36 Å². The zero-order chi connectivity index (χ0) is 13.1. The lowest BCUT2D eigenvalue weighted by molar-refractivity contribution is 0.0684. The highest BCUT2D eigenvalue weighted by molar-refractivity contribution is 5.85. The van der Waals surface area contributed by atoms with Crippen LogP contribution in [0, 0.1) is 0 Å². The molecule has 0 amide bonds. The summed E-state index contributed by atoms with van der Waals surface area (Å²) in [7, 11) is 0. The van der Waals surface area contributed by atoms with Crippen LogP contribution < -0.4 is 5.56 Å². The van der Waals surface area contributed by atoms with Gasteiger partial charge in [0, 0.05) is 12.6 Å². The fourth-order valence-corrected chi connectivity index (χ4v) is 1.69. The van der Waals surface area contributed by atoms with Crippen LogP contribution in [-0.4, -0.2) is 30.4 Å². The van der Waals surface area contributed by atoms with Gasteiger partial charge in [-0.25, -0.2) is 14.5 Å². The highest BCUT2D eigenvalue weighted by Gasteiger charge is 2.13. The van der Waals surface area contributed by atoms with E-state index in [-0.39, 0.29) is 17.8 Å². The van der Waals surface area contributed by atoms with E-state index in [1.54, 1.807) is 4.68 Å². The quantitative estimate of drug-likeness (QED) is 0.835. The van der Waals surface area contributed by atoms with Gasteiger partial charge in [0.2, 0.25) is 0 Å². The van der Waals surface area contributed by atoms with Gasteiger partial charge in [0.1, 0.15) is 17.8 Å². The standard InChI is InChI=1S/C11H12N4O3/c1-2-15-9(12-7-13-15)6-14-8(11(17)18)4-3-5-10(14)16/h3-5,7H,2,6H2,1H3,(H,17,18). The molecule has 0 bridgehead atoms. The highest BCUT2D eigenvalue weighted by Crippen LogP contribution is 2.02. The van der Waals surface area contributed by atoms with Gasteiger partial charge in [-0.05, 0) is 13.0 Å². The Labute approximate surface area is 102 Å². The molecule has 7 nitrogen and oxygen atoms in total. The van der Waals surface area contributed by atoms with Gasteiger partial charge < -0.3 is 5.11 Å². The summed E-state index contributed by atoms with van der Waals surface area (Å²) in [5, 5.41) is 13.0. The van der Waals surface area contributed by atoms with Gasteiger partial charge in [0.25, 0.3) is 5.56 Å². The van der Waals surface area contributed by atoms with E-state index >= 15 is 0 Å². The molecule has 0 saturated heterocycles. The maximum absolute atomic E-state index is 11.7. The number of hydrogen-bond acceptors (Lipinski definition) is 4. The Balaban J connectivity index is 2.46. The Bertz CT molecular complexity index is 629. The molecule has 94 valence electrons. The monoisotopic (exact) mass is 248 g/mol. The molecular formula is C11H12N4O3. The summed E-state index contributed by atoms with van der Waals surface area (Å²) >= 11 is 0. The average Bonchev–Trinajstić information content (AvgIpc) is 2.78. The molecule has 0 saturated carbocycles. The van der Waals surface area contributed by atoms with Crippen LogP contribution in [0.2, 0.25) is 0 Å². The molecule has 2 heterocycles. The number of rotatable bonds is 4. The lowest BCUT2D eigenvalue weighted by Crippen LogP contribution is -2.26. The molecule has 1 N–H and O–H groups in total. The number of hydrogen-bond donors (Lipinski definition) is 1. The second-order valence-electron chi connectivity index (χ2n) is 3.63. The zero-order valence-electron chi connectivity index (χ0n) is 9.78. The van der Waals surface area contributed by atoms with Crippen molar-refractivity contribution in [3.63, 3.8) is 0 Å². The first-order chi connectivity index (χ1) is 8.63. The molecule has 18 heavy (non-hydrogen) atoms. The predicted octanol–water partition coefficient (Wildman–Crippen LogP) is 0.206.